The molecule has 0 spiro atoms. The molecule has 4 nitrogen and oxygen atoms in total. The molecule has 1 aromatic carbocycles. The second kappa shape index (κ2) is 5.18. The minimum atomic E-state index is -1.20. The Morgan fingerprint density at radius 1 is 1.33 bits per heavy atom. The molecule has 1 N–H and O–H groups in total. The molecule has 94 valence electrons. The number of hydrogen-bond acceptors (Lipinski definition) is 3. The van der Waals surface area contributed by atoms with Gasteiger partial charge >= 0.3 is 5.97 Å². The molecule has 2 rings (SSSR count). The van der Waals surface area contributed by atoms with Gasteiger partial charge in [0.2, 0.25) is 5.76 Å². The van der Waals surface area contributed by atoms with E-state index in [2.05, 4.69) is 0 Å². The first-order valence-corrected chi connectivity index (χ1v) is 6.66. The topological polar surface area (TPSA) is 67.5 Å². The van der Waals surface area contributed by atoms with E-state index in [4.69, 9.17) is 9.52 Å². The monoisotopic (exact) mass is 264 g/mol. The molecule has 1 heterocycles. The number of benzene rings is 1. The summed E-state index contributed by atoms with van der Waals surface area (Å²) in [5, 5.41) is 8.80. The zero-order valence-electron chi connectivity index (χ0n) is 9.75. The van der Waals surface area contributed by atoms with E-state index in [0.29, 0.717) is 11.3 Å². The van der Waals surface area contributed by atoms with Gasteiger partial charge in [-0.1, -0.05) is 18.2 Å². The third-order valence-corrected chi connectivity index (χ3v) is 3.90. The lowest BCUT2D eigenvalue weighted by molar-refractivity contribution is 0.0661. The Kier molecular flexibility index (Phi) is 3.62. The van der Waals surface area contributed by atoms with Gasteiger partial charge in [0.05, 0.1) is 16.6 Å². The number of carboxylic acids is 1. The molecule has 1 aromatic heterocycles. The molecule has 0 radical (unpaired) electrons. The van der Waals surface area contributed by atoms with Crippen molar-refractivity contribution in [1.82, 2.24) is 0 Å². The van der Waals surface area contributed by atoms with Crippen molar-refractivity contribution < 1.29 is 18.5 Å². The Hall–Kier alpha value is -1.88. The van der Waals surface area contributed by atoms with Gasteiger partial charge in [-0.3, -0.25) is 4.21 Å². The van der Waals surface area contributed by atoms with Crippen LogP contribution in [-0.4, -0.2) is 15.3 Å². The number of aryl methyl sites for hydroxylation is 1. The van der Waals surface area contributed by atoms with Crippen molar-refractivity contribution in [2.24, 2.45) is 0 Å². The van der Waals surface area contributed by atoms with Gasteiger partial charge in [-0.25, -0.2) is 4.79 Å². The fourth-order valence-corrected chi connectivity index (χ4v) is 2.76. The third-order valence-electron chi connectivity index (χ3n) is 2.52. The average Bonchev–Trinajstić information content (AvgIpc) is 2.72. The maximum absolute atomic E-state index is 12.1. The minimum Gasteiger partial charge on any atom is -0.475 e. The molecule has 0 fully saturated rings. The molecular formula is C13H12O4S. The quantitative estimate of drug-likeness (QED) is 0.921. The van der Waals surface area contributed by atoms with Crippen molar-refractivity contribution in [3.05, 3.63) is 53.5 Å². The van der Waals surface area contributed by atoms with Crippen LogP contribution in [0.25, 0.3) is 0 Å². The summed E-state index contributed by atoms with van der Waals surface area (Å²) in [6.45, 7) is 1.67. The Bertz CT molecular complexity index is 586. The first-order chi connectivity index (χ1) is 8.58. The van der Waals surface area contributed by atoms with E-state index in [1.807, 2.05) is 18.2 Å². The molecule has 1 atom stereocenters. The fraction of sp³-hybridized carbons (Fsp3) is 0.154. The molecular weight excluding hydrogens is 252 g/mol. The molecule has 0 aliphatic carbocycles. The van der Waals surface area contributed by atoms with E-state index < -0.39 is 16.8 Å². The summed E-state index contributed by atoms with van der Waals surface area (Å²) in [6.07, 6.45) is 0. The van der Waals surface area contributed by atoms with E-state index >= 15 is 0 Å². The molecule has 0 aliphatic heterocycles. The van der Waals surface area contributed by atoms with Gasteiger partial charge in [0.25, 0.3) is 0 Å². The summed E-state index contributed by atoms with van der Waals surface area (Å²) in [5.74, 6) is -0.480. The molecule has 5 heteroatoms. The lowest BCUT2D eigenvalue weighted by Crippen LogP contribution is -1.96. The van der Waals surface area contributed by atoms with Gasteiger partial charge in [-0.15, -0.1) is 0 Å². The van der Waals surface area contributed by atoms with Crippen LogP contribution in [0.1, 0.15) is 21.9 Å². The molecule has 1 unspecified atom stereocenters. The van der Waals surface area contributed by atoms with Gasteiger partial charge in [0.15, 0.2) is 0 Å². The van der Waals surface area contributed by atoms with Gasteiger partial charge in [0.1, 0.15) is 5.76 Å². The molecule has 2 aromatic rings. The van der Waals surface area contributed by atoms with Crippen LogP contribution in [-0.2, 0) is 16.6 Å². The van der Waals surface area contributed by atoms with Crippen molar-refractivity contribution in [1.29, 1.82) is 0 Å². The average molecular weight is 264 g/mol. The summed E-state index contributed by atoms with van der Waals surface area (Å²) in [4.78, 5) is 11.5. The second-order valence-electron chi connectivity index (χ2n) is 3.80. The van der Waals surface area contributed by atoms with Gasteiger partial charge in [-0.05, 0) is 25.1 Å². The SMILES string of the molecule is Cc1oc(C(=O)O)cc1CS(=O)c1ccccc1. The summed E-state index contributed by atoms with van der Waals surface area (Å²) in [6, 6.07) is 10.5. The Morgan fingerprint density at radius 2 is 2.00 bits per heavy atom. The zero-order chi connectivity index (χ0) is 13.1. The minimum absolute atomic E-state index is 0.118. The van der Waals surface area contributed by atoms with Crippen molar-refractivity contribution in [2.75, 3.05) is 0 Å². The number of carboxylic acid groups (broad SMARTS) is 1. The van der Waals surface area contributed by atoms with Crippen molar-refractivity contribution in [2.45, 2.75) is 17.6 Å². The highest BCUT2D eigenvalue weighted by Gasteiger charge is 2.15. The number of aromatic carboxylic acids is 1. The number of carbonyl (C=O) groups is 1. The first-order valence-electron chi connectivity index (χ1n) is 5.34. The second-order valence-corrected chi connectivity index (χ2v) is 5.25. The van der Waals surface area contributed by atoms with Crippen molar-refractivity contribution in [3.8, 4) is 0 Å². The number of furan rings is 1. The fourth-order valence-electron chi connectivity index (χ4n) is 1.57. The van der Waals surface area contributed by atoms with Crippen LogP contribution in [0.5, 0.6) is 0 Å². The first kappa shape index (κ1) is 12.6. The third kappa shape index (κ3) is 2.68. The normalized spacial score (nSPS) is 12.3. The molecule has 0 amide bonds. The highest BCUT2D eigenvalue weighted by molar-refractivity contribution is 7.84. The van der Waals surface area contributed by atoms with Crippen LogP contribution >= 0.6 is 0 Å². The highest BCUT2D eigenvalue weighted by atomic mass is 32.2. The van der Waals surface area contributed by atoms with Crippen LogP contribution in [0.4, 0.5) is 0 Å². The Morgan fingerprint density at radius 3 is 2.56 bits per heavy atom. The molecule has 0 saturated heterocycles. The highest BCUT2D eigenvalue weighted by Crippen LogP contribution is 2.19. The zero-order valence-corrected chi connectivity index (χ0v) is 10.6. The van der Waals surface area contributed by atoms with Gasteiger partial charge in [0, 0.05) is 10.5 Å². The van der Waals surface area contributed by atoms with Crippen LogP contribution in [0.15, 0.2) is 45.7 Å². The number of rotatable bonds is 4. The molecule has 0 saturated carbocycles. The summed E-state index contributed by atoms with van der Waals surface area (Å²) in [5.41, 5.74) is 0.662. The van der Waals surface area contributed by atoms with Crippen molar-refractivity contribution >= 4 is 16.8 Å². The van der Waals surface area contributed by atoms with Crippen LogP contribution < -0.4 is 0 Å². The van der Waals surface area contributed by atoms with Crippen molar-refractivity contribution in [3.63, 3.8) is 0 Å². The van der Waals surface area contributed by atoms with Crippen LogP contribution in [0.2, 0.25) is 0 Å². The van der Waals surface area contributed by atoms with Crippen LogP contribution in [0.3, 0.4) is 0 Å². The maximum atomic E-state index is 12.1. The van der Waals surface area contributed by atoms with Crippen LogP contribution in [0, 0.1) is 6.92 Å². The smallest absolute Gasteiger partial charge is 0.371 e. The largest absolute Gasteiger partial charge is 0.475 e. The lowest BCUT2D eigenvalue weighted by atomic mass is 10.3. The molecule has 18 heavy (non-hydrogen) atoms. The number of hydrogen-bond donors (Lipinski definition) is 1. The Labute approximate surface area is 107 Å². The van der Waals surface area contributed by atoms with E-state index in [9.17, 15) is 9.00 Å². The van der Waals surface area contributed by atoms with Gasteiger partial charge in [-0.2, -0.15) is 0 Å². The Balaban J connectivity index is 2.20. The lowest BCUT2D eigenvalue weighted by Gasteiger charge is -2.00. The van der Waals surface area contributed by atoms with E-state index in [-0.39, 0.29) is 11.5 Å². The standard InChI is InChI=1S/C13H12O4S/c1-9-10(7-12(17-9)13(14)15)8-18(16)11-5-3-2-4-6-11/h2-7H,8H2,1H3,(H,14,15). The summed E-state index contributed by atoms with van der Waals surface area (Å²) in [7, 11) is -1.20. The summed E-state index contributed by atoms with van der Waals surface area (Å²) >= 11 is 0. The summed E-state index contributed by atoms with van der Waals surface area (Å²) < 4.78 is 17.1. The van der Waals surface area contributed by atoms with E-state index in [0.717, 1.165) is 4.90 Å². The molecule has 0 bridgehead atoms. The van der Waals surface area contributed by atoms with E-state index in [1.165, 1.54) is 6.07 Å². The van der Waals surface area contributed by atoms with Gasteiger partial charge < -0.3 is 9.52 Å². The maximum Gasteiger partial charge on any atom is 0.371 e. The van der Waals surface area contributed by atoms with E-state index in [1.54, 1.807) is 19.1 Å². The predicted octanol–water partition coefficient (Wildman–Crippen LogP) is 2.59. The molecule has 0 aliphatic rings. The predicted molar refractivity (Wildman–Crippen MR) is 67.0 cm³/mol.